The molecule has 2 heterocycles. The molecule has 7 nitrogen and oxygen atoms in total. The molecule has 0 aromatic carbocycles. The molecule has 0 spiro atoms. The minimum Gasteiger partial charge on any atom is -0.481 e. The lowest BCUT2D eigenvalue weighted by molar-refractivity contribution is -0.142. The van der Waals surface area contributed by atoms with Gasteiger partial charge in [-0.3, -0.25) is 4.79 Å². The normalized spacial score (nSPS) is 17.0. The summed E-state index contributed by atoms with van der Waals surface area (Å²) in [5.41, 5.74) is -0.427. The lowest BCUT2D eigenvalue weighted by Crippen LogP contribution is -2.40. The van der Waals surface area contributed by atoms with Crippen LogP contribution in [0.2, 0.25) is 0 Å². The van der Waals surface area contributed by atoms with Crippen LogP contribution in [-0.4, -0.2) is 53.4 Å². The molecule has 0 saturated carbocycles. The molecule has 1 atom stereocenters. The van der Waals surface area contributed by atoms with Crippen LogP contribution in [0.3, 0.4) is 0 Å². The summed E-state index contributed by atoms with van der Waals surface area (Å²) < 4.78 is 5.39. The number of morpholine rings is 1. The Morgan fingerprint density at radius 1 is 1.48 bits per heavy atom. The zero-order chi connectivity index (χ0) is 17.0. The van der Waals surface area contributed by atoms with Crippen molar-refractivity contribution in [1.82, 2.24) is 9.97 Å². The number of carboxylic acid groups (broad SMARTS) is 1. The molecule has 0 radical (unpaired) electrons. The van der Waals surface area contributed by atoms with Crippen LogP contribution in [0, 0.1) is 0 Å². The third kappa shape index (κ3) is 3.90. The van der Waals surface area contributed by atoms with E-state index in [0.29, 0.717) is 43.6 Å². The number of carbonyl (C=O) groups is 1. The minimum atomic E-state index is -1.05. The summed E-state index contributed by atoms with van der Waals surface area (Å²) in [4.78, 5) is 22.7. The smallest absolute Gasteiger partial charge is 0.313 e. The summed E-state index contributed by atoms with van der Waals surface area (Å²) in [6.45, 7) is 10.1. The number of rotatable bonds is 6. The lowest BCUT2D eigenvalue weighted by Gasteiger charge is -2.32. The second-order valence-corrected chi connectivity index (χ2v) is 6.41. The van der Waals surface area contributed by atoms with Gasteiger partial charge in [-0.1, -0.05) is 6.92 Å². The molecule has 0 bridgehead atoms. The van der Waals surface area contributed by atoms with Crippen LogP contribution in [0.15, 0.2) is 6.20 Å². The van der Waals surface area contributed by atoms with Crippen LogP contribution in [0.5, 0.6) is 0 Å². The van der Waals surface area contributed by atoms with Crippen LogP contribution in [-0.2, 0) is 14.9 Å². The molecule has 1 aromatic heterocycles. The van der Waals surface area contributed by atoms with Gasteiger partial charge in [-0.05, 0) is 27.2 Å². The number of carboxylic acids is 1. The van der Waals surface area contributed by atoms with E-state index in [4.69, 9.17) is 4.74 Å². The second-order valence-electron chi connectivity index (χ2n) is 6.41. The Kier molecular flexibility index (Phi) is 5.41. The maximum atomic E-state index is 11.7. The molecule has 1 aliphatic rings. The van der Waals surface area contributed by atoms with Gasteiger partial charge in [0, 0.05) is 30.9 Å². The van der Waals surface area contributed by atoms with E-state index in [2.05, 4.69) is 34.0 Å². The molecule has 1 saturated heterocycles. The highest BCUT2D eigenvalue weighted by atomic mass is 16.5. The van der Waals surface area contributed by atoms with E-state index < -0.39 is 11.4 Å². The van der Waals surface area contributed by atoms with Crippen molar-refractivity contribution in [2.75, 3.05) is 36.5 Å². The average molecular weight is 322 g/mol. The van der Waals surface area contributed by atoms with Gasteiger partial charge >= 0.3 is 5.97 Å². The molecular formula is C16H26N4O3. The Labute approximate surface area is 137 Å². The predicted octanol–water partition coefficient (Wildman–Crippen LogP) is 1.89. The third-order valence-corrected chi connectivity index (χ3v) is 4.28. The van der Waals surface area contributed by atoms with E-state index in [9.17, 15) is 9.90 Å². The van der Waals surface area contributed by atoms with Crippen molar-refractivity contribution in [3.8, 4) is 0 Å². The molecule has 1 fully saturated rings. The van der Waals surface area contributed by atoms with Crippen LogP contribution in [0.1, 0.15) is 39.7 Å². The number of ether oxygens (including phenoxy) is 1. The quantitative estimate of drug-likeness (QED) is 0.827. The van der Waals surface area contributed by atoms with Crippen LogP contribution in [0.4, 0.5) is 11.8 Å². The van der Waals surface area contributed by atoms with E-state index in [0.717, 1.165) is 6.42 Å². The number of aromatic nitrogens is 2. The van der Waals surface area contributed by atoms with Gasteiger partial charge in [0.15, 0.2) is 0 Å². The zero-order valence-corrected chi connectivity index (χ0v) is 14.3. The average Bonchev–Trinajstić information content (AvgIpc) is 2.55. The highest BCUT2D eigenvalue weighted by molar-refractivity contribution is 5.82. The summed E-state index contributed by atoms with van der Waals surface area (Å²) >= 11 is 0. The molecule has 1 aliphatic heterocycles. The Balaban J connectivity index is 2.42. The highest BCUT2D eigenvalue weighted by Crippen LogP contribution is 2.32. The molecule has 0 unspecified atom stereocenters. The molecule has 1 aromatic rings. The SMILES string of the molecule is CC[C@@H](C)Nc1ncc(C(C)(C)C(=O)O)c(N2CCOCC2)n1. The van der Waals surface area contributed by atoms with Gasteiger partial charge in [-0.25, -0.2) is 4.98 Å². The van der Waals surface area contributed by atoms with Crippen LogP contribution in [0.25, 0.3) is 0 Å². The van der Waals surface area contributed by atoms with Crippen LogP contribution < -0.4 is 10.2 Å². The van der Waals surface area contributed by atoms with Crippen molar-refractivity contribution < 1.29 is 14.6 Å². The third-order valence-electron chi connectivity index (χ3n) is 4.28. The monoisotopic (exact) mass is 322 g/mol. The van der Waals surface area contributed by atoms with Crippen molar-refractivity contribution in [3.05, 3.63) is 11.8 Å². The van der Waals surface area contributed by atoms with E-state index in [1.54, 1.807) is 20.0 Å². The summed E-state index contributed by atoms with van der Waals surface area (Å²) in [5, 5.41) is 12.8. The first-order valence-corrected chi connectivity index (χ1v) is 8.06. The van der Waals surface area contributed by atoms with E-state index >= 15 is 0 Å². The van der Waals surface area contributed by atoms with Gasteiger partial charge in [0.25, 0.3) is 0 Å². The predicted molar refractivity (Wildman–Crippen MR) is 89.1 cm³/mol. The summed E-state index contributed by atoms with van der Waals surface area (Å²) in [6, 6.07) is 0.255. The fourth-order valence-corrected chi connectivity index (χ4v) is 2.34. The Morgan fingerprint density at radius 2 is 2.13 bits per heavy atom. The summed E-state index contributed by atoms with van der Waals surface area (Å²) in [6.07, 6.45) is 2.59. The van der Waals surface area contributed by atoms with E-state index in [1.165, 1.54) is 0 Å². The van der Waals surface area contributed by atoms with Crippen molar-refractivity contribution >= 4 is 17.7 Å². The van der Waals surface area contributed by atoms with Crippen molar-refractivity contribution in [1.29, 1.82) is 0 Å². The first-order valence-electron chi connectivity index (χ1n) is 8.06. The van der Waals surface area contributed by atoms with Gasteiger partial charge in [0.2, 0.25) is 5.95 Å². The van der Waals surface area contributed by atoms with E-state index in [1.807, 2.05) is 0 Å². The Morgan fingerprint density at radius 3 is 2.70 bits per heavy atom. The first-order chi connectivity index (χ1) is 10.9. The largest absolute Gasteiger partial charge is 0.481 e. The van der Waals surface area contributed by atoms with Gasteiger partial charge in [0.05, 0.1) is 18.6 Å². The van der Waals surface area contributed by atoms with Crippen LogP contribution >= 0.6 is 0 Å². The fourth-order valence-electron chi connectivity index (χ4n) is 2.34. The van der Waals surface area contributed by atoms with Gasteiger partial charge in [-0.15, -0.1) is 0 Å². The van der Waals surface area contributed by atoms with Gasteiger partial charge in [0.1, 0.15) is 5.82 Å². The summed E-state index contributed by atoms with van der Waals surface area (Å²) in [7, 11) is 0. The molecular weight excluding hydrogens is 296 g/mol. The number of hydrogen-bond acceptors (Lipinski definition) is 6. The van der Waals surface area contributed by atoms with Crippen molar-refractivity contribution in [2.45, 2.75) is 45.6 Å². The number of hydrogen-bond donors (Lipinski definition) is 2. The van der Waals surface area contributed by atoms with Crippen molar-refractivity contribution in [2.24, 2.45) is 0 Å². The lowest BCUT2D eigenvalue weighted by atomic mass is 9.85. The van der Waals surface area contributed by atoms with Gasteiger partial charge < -0.3 is 20.1 Å². The maximum Gasteiger partial charge on any atom is 0.313 e. The highest BCUT2D eigenvalue weighted by Gasteiger charge is 2.35. The number of anilines is 2. The zero-order valence-electron chi connectivity index (χ0n) is 14.3. The fraction of sp³-hybridized carbons (Fsp3) is 0.688. The Bertz CT molecular complexity index is 556. The Hall–Kier alpha value is -1.89. The molecule has 128 valence electrons. The molecule has 2 N–H and O–H groups in total. The van der Waals surface area contributed by atoms with Gasteiger partial charge in [-0.2, -0.15) is 4.98 Å². The maximum absolute atomic E-state index is 11.7. The molecule has 0 amide bonds. The second kappa shape index (κ2) is 7.12. The van der Waals surface area contributed by atoms with Crippen molar-refractivity contribution in [3.63, 3.8) is 0 Å². The molecule has 2 rings (SSSR count). The molecule has 7 heteroatoms. The summed E-state index contributed by atoms with van der Waals surface area (Å²) in [5.74, 6) is 0.325. The number of aliphatic carboxylic acids is 1. The van der Waals surface area contributed by atoms with E-state index in [-0.39, 0.29) is 6.04 Å². The molecule has 23 heavy (non-hydrogen) atoms. The topological polar surface area (TPSA) is 87.6 Å². The standard InChI is InChI=1S/C16H26N4O3/c1-5-11(2)18-15-17-10-12(16(3,4)14(21)22)13(19-15)20-6-8-23-9-7-20/h10-11H,5-9H2,1-4H3,(H,21,22)(H,17,18,19)/t11-/m1/s1. The number of nitrogens with zero attached hydrogens (tertiary/aromatic N) is 3. The minimum absolute atomic E-state index is 0.255. The molecule has 0 aliphatic carbocycles. The number of nitrogens with one attached hydrogen (secondary N) is 1. The first kappa shape index (κ1) is 17.5.